The molecule has 2 heterocycles. The first-order valence-electron chi connectivity index (χ1n) is 13.1. The van der Waals surface area contributed by atoms with Gasteiger partial charge >= 0.3 is 24.2 Å². The summed E-state index contributed by atoms with van der Waals surface area (Å²) < 4.78 is 44.8. The van der Waals surface area contributed by atoms with Gasteiger partial charge in [-0.1, -0.05) is 12.1 Å². The quantitative estimate of drug-likeness (QED) is 0.517. The predicted molar refractivity (Wildman–Crippen MR) is 140 cm³/mol. The van der Waals surface area contributed by atoms with E-state index in [4.69, 9.17) is 4.74 Å². The number of nitrogens with zero attached hydrogens (tertiary/aromatic N) is 3. The lowest BCUT2D eigenvalue weighted by Crippen LogP contribution is -2.59. The number of amides is 4. The van der Waals surface area contributed by atoms with Crippen molar-refractivity contribution in [1.82, 2.24) is 25.3 Å². The summed E-state index contributed by atoms with van der Waals surface area (Å²) in [6, 6.07) is 2.66. The topological polar surface area (TPSA) is 94.2 Å². The first-order valence-corrected chi connectivity index (χ1v) is 13.1. The van der Waals surface area contributed by atoms with Gasteiger partial charge in [0.05, 0.1) is 23.8 Å². The summed E-state index contributed by atoms with van der Waals surface area (Å²) in [5.41, 5.74) is -0.252. The third-order valence-electron chi connectivity index (χ3n) is 6.65. The fourth-order valence-electron chi connectivity index (χ4n) is 4.85. The van der Waals surface area contributed by atoms with Gasteiger partial charge in [-0.3, -0.25) is 9.80 Å². The second-order valence-electron chi connectivity index (χ2n) is 10.8. The Bertz CT molecular complexity index is 1100. The zero-order chi connectivity index (χ0) is 29.1. The molecule has 0 unspecified atom stereocenters. The third kappa shape index (κ3) is 7.23. The Kier molecular flexibility index (Phi) is 9.20. The number of hydrogen-bond donors (Lipinski definition) is 2. The smallest absolute Gasteiger partial charge is 0.416 e. The normalized spacial score (nSPS) is 21.1. The first kappa shape index (κ1) is 30.3. The van der Waals surface area contributed by atoms with Crippen LogP contribution in [0, 0.1) is 0 Å². The maximum Gasteiger partial charge on any atom is 0.416 e. The van der Waals surface area contributed by atoms with E-state index in [1.165, 1.54) is 17.0 Å². The SMILES string of the molecule is CCOC(=O)C1=C(CN2CCN(C(=O)NC(C)(C)C)[C@H](C)C2)N(CC)C(=O)N[C@@H]1c1ccc(C(F)(F)F)cc1. The fourth-order valence-corrected chi connectivity index (χ4v) is 4.85. The molecule has 1 saturated heterocycles. The van der Waals surface area contributed by atoms with Gasteiger partial charge in [-0.05, 0) is 59.2 Å². The van der Waals surface area contributed by atoms with Crippen molar-refractivity contribution in [2.45, 2.75) is 65.3 Å². The highest BCUT2D eigenvalue weighted by Crippen LogP contribution is 2.35. The van der Waals surface area contributed by atoms with Crippen LogP contribution >= 0.6 is 0 Å². The Hall–Kier alpha value is -3.28. The summed E-state index contributed by atoms with van der Waals surface area (Å²) in [5, 5.41) is 5.75. The van der Waals surface area contributed by atoms with E-state index < -0.39 is 29.8 Å². The van der Waals surface area contributed by atoms with Crippen LogP contribution in [0.15, 0.2) is 35.5 Å². The molecule has 2 aliphatic rings. The number of rotatable bonds is 6. The molecule has 0 aliphatic carbocycles. The van der Waals surface area contributed by atoms with Gasteiger partial charge in [-0.15, -0.1) is 0 Å². The molecule has 1 fully saturated rings. The maximum atomic E-state index is 13.2. The molecule has 0 saturated carbocycles. The summed E-state index contributed by atoms with van der Waals surface area (Å²) in [6.45, 7) is 13.2. The Morgan fingerprint density at radius 3 is 2.26 bits per heavy atom. The molecule has 2 aliphatic heterocycles. The van der Waals surface area contributed by atoms with E-state index >= 15 is 0 Å². The second kappa shape index (κ2) is 11.8. The van der Waals surface area contributed by atoms with E-state index in [1.807, 2.05) is 27.7 Å². The minimum Gasteiger partial charge on any atom is -0.463 e. The number of carbonyl (C=O) groups excluding carboxylic acids is 3. The molecular formula is C27H38F3N5O4. The number of urea groups is 2. The largest absolute Gasteiger partial charge is 0.463 e. The predicted octanol–water partition coefficient (Wildman–Crippen LogP) is 4.12. The molecule has 0 spiro atoms. The number of carbonyl (C=O) groups is 3. The van der Waals surface area contributed by atoms with Crippen molar-refractivity contribution < 1.29 is 32.3 Å². The van der Waals surface area contributed by atoms with Crippen LogP contribution in [0.4, 0.5) is 22.8 Å². The zero-order valence-electron chi connectivity index (χ0n) is 23.3. The summed E-state index contributed by atoms with van der Waals surface area (Å²) in [5.74, 6) is -0.646. The number of alkyl halides is 3. The van der Waals surface area contributed by atoms with Crippen molar-refractivity contribution in [3.63, 3.8) is 0 Å². The molecule has 0 bridgehead atoms. The average molecular weight is 554 g/mol. The van der Waals surface area contributed by atoms with Gasteiger partial charge in [0.1, 0.15) is 0 Å². The molecule has 0 aromatic heterocycles. The van der Waals surface area contributed by atoms with Crippen molar-refractivity contribution in [3.05, 3.63) is 46.7 Å². The molecule has 3 rings (SSSR count). The van der Waals surface area contributed by atoms with Crippen LogP contribution in [0.25, 0.3) is 0 Å². The highest BCUT2D eigenvalue weighted by molar-refractivity contribution is 5.95. The van der Waals surface area contributed by atoms with Crippen LogP contribution in [-0.2, 0) is 15.7 Å². The van der Waals surface area contributed by atoms with Gasteiger partial charge in [0.2, 0.25) is 0 Å². The minimum absolute atomic E-state index is 0.0913. The highest BCUT2D eigenvalue weighted by atomic mass is 19.4. The fraction of sp³-hybridized carbons (Fsp3) is 0.593. The van der Waals surface area contributed by atoms with Gasteiger partial charge in [0.15, 0.2) is 0 Å². The molecule has 4 amide bonds. The van der Waals surface area contributed by atoms with Crippen LogP contribution in [0.2, 0.25) is 0 Å². The number of esters is 1. The summed E-state index contributed by atoms with van der Waals surface area (Å²) in [7, 11) is 0. The van der Waals surface area contributed by atoms with Gasteiger partial charge in [-0.2, -0.15) is 13.2 Å². The number of likely N-dealkylation sites (N-methyl/N-ethyl adjacent to an activating group) is 1. The van der Waals surface area contributed by atoms with Gasteiger partial charge in [-0.25, -0.2) is 14.4 Å². The molecule has 1 aromatic rings. The number of benzene rings is 1. The van der Waals surface area contributed by atoms with Crippen molar-refractivity contribution in [2.75, 3.05) is 39.3 Å². The van der Waals surface area contributed by atoms with Crippen LogP contribution in [0.1, 0.15) is 58.7 Å². The number of nitrogens with one attached hydrogen (secondary N) is 2. The maximum absolute atomic E-state index is 13.2. The lowest BCUT2D eigenvalue weighted by molar-refractivity contribution is -0.139. The first-order chi connectivity index (χ1) is 18.2. The molecule has 39 heavy (non-hydrogen) atoms. The highest BCUT2D eigenvalue weighted by Gasteiger charge is 2.40. The molecule has 216 valence electrons. The molecule has 1 aromatic carbocycles. The number of hydrogen-bond acceptors (Lipinski definition) is 5. The van der Waals surface area contributed by atoms with E-state index in [0.29, 0.717) is 30.9 Å². The minimum atomic E-state index is -4.51. The van der Waals surface area contributed by atoms with Crippen LogP contribution in [0.3, 0.4) is 0 Å². The van der Waals surface area contributed by atoms with Gasteiger partial charge in [0, 0.05) is 50.0 Å². The lowest BCUT2D eigenvalue weighted by atomic mass is 9.93. The number of ether oxygens (including phenoxy) is 1. The van der Waals surface area contributed by atoms with Crippen LogP contribution in [0.5, 0.6) is 0 Å². The molecule has 2 atom stereocenters. The van der Waals surface area contributed by atoms with E-state index in [0.717, 1.165) is 12.1 Å². The molecule has 2 N–H and O–H groups in total. The second-order valence-corrected chi connectivity index (χ2v) is 10.8. The lowest BCUT2D eigenvalue weighted by Gasteiger charge is -2.43. The summed E-state index contributed by atoms with van der Waals surface area (Å²) >= 11 is 0. The van der Waals surface area contributed by atoms with E-state index in [9.17, 15) is 27.6 Å². The molecule has 9 nitrogen and oxygen atoms in total. The number of piperazine rings is 1. The van der Waals surface area contributed by atoms with Gasteiger partial charge in [0.25, 0.3) is 0 Å². The van der Waals surface area contributed by atoms with E-state index in [-0.39, 0.29) is 42.9 Å². The van der Waals surface area contributed by atoms with Crippen molar-refractivity contribution in [2.24, 2.45) is 0 Å². The van der Waals surface area contributed by atoms with Gasteiger partial charge < -0.3 is 20.3 Å². The van der Waals surface area contributed by atoms with Crippen molar-refractivity contribution in [1.29, 1.82) is 0 Å². The number of halogens is 3. The average Bonchev–Trinajstić information content (AvgIpc) is 2.82. The molecule has 12 heteroatoms. The monoisotopic (exact) mass is 553 g/mol. The zero-order valence-corrected chi connectivity index (χ0v) is 23.3. The Balaban J connectivity index is 1.95. The standard InChI is InChI=1S/C27H38F3N5O4/c1-7-34-20(16-33-13-14-35(17(3)15-33)25(38)32-26(4,5)6)21(23(36)39-8-2)22(31-24(34)37)18-9-11-19(12-10-18)27(28,29)30/h9-12,17,22H,7-8,13-16H2,1-6H3,(H,31,37)(H,32,38)/t17-,22-/m1/s1. The Morgan fingerprint density at radius 1 is 1.10 bits per heavy atom. The van der Waals surface area contributed by atoms with E-state index in [2.05, 4.69) is 15.5 Å². The van der Waals surface area contributed by atoms with Crippen molar-refractivity contribution in [3.8, 4) is 0 Å². The Morgan fingerprint density at radius 2 is 1.74 bits per heavy atom. The van der Waals surface area contributed by atoms with Crippen LogP contribution in [-0.4, -0.2) is 83.6 Å². The summed E-state index contributed by atoms with van der Waals surface area (Å²) in [6.07, 6.45) is -4.51. The third-order valence-corrected chi connectivity index (χ3v) is 6.65. The molecule has 0 radical (unpaired) electrons. The summed E-state index contributed by atoms with van der Waals surface area (Å²) in [4.78, 5) is 44.4. The van der Waals surface area contributed by atoms with Crippen molar-refractivity contribution >= 4 is 18.0 Å². The Labute approximate surface area is 227 Å². The van der Waals surface area contributed by atoms with E-state index in [1.54, 1.807) is 18.7 Å². The molecular weight excluding hydrogens is 515 g/mol. The van der Waals surface area contributed by atoms with Crippen LogP contribution < -0.4 is 10.6 Å².